The Morgan fingerprint density at radius 3 is 2.44 bits per heavy atom. The molecule has 3 aliphatic rings. The second kappa shape index (κ2) is 7.19. The molecule has 0 spiro atoms. The van der Waals surface area contributed by atoms with E-state index in [0.717, 1.165) is 23.4 Å². The molecule has 1 unspecified atom stereocenters. The summed E-state index contributed by atoms with van der Waals surface area (Å²) < 4.78 is 41.5. The lowest BCUT2D eigenvalue weighted by molar-refractivity contribution is -0.157. The van der Waals surface area contributed by atoms with E-state index in [1.165, 1.54) is 15.9 Å². The van der Waals surface area contributed by atoms with Crippen molar-refractivity contribution >= 4 is 23.2 Å². The van der Waals surface area contributed by atoms with Crippen LogP contribution in [0.15, 0.2) is 18.2 Å². The summed E-state index contributed by atoms with van der Waals surface area (Å²) in [6, 6.07) is 3.56. The standard InChI is InChI=1S/C20H20F3N5O4/c21-20(22,23)16-6-12(11-1-2-11)5-13-7-15(24-28(13)16)19(31)25-3-4-26(18(30)10-25)14-8-17(29)27(32)9-14/h5-7,11,14,32H,1-4,8-10H2. The fourth-order valence-electron chi connectivity index (χ4n) is 4.37. The lowest BCUT2D eigenvalue weighted by atomic mass is 10.1. The fourth-order valence-corrected chi connectivity index (χ4v) is 4.37. The van der Waals surface area contributed by atoms with Gasteiger partial charge in [0, 0.05) is 13.1 Å². The molecule has 5 rings (SSSR count). The number of hydrogen-bond acceptors (Lipinski definition) is 5. The monoisotopic (exact) mass is 451 g/mol. The number of alkyl halides is 3. The molecule has 2 aliphatic heterocycles. The van der Waals surface area contributed by atoms with E-state index < -0.39 is 35.6 Å². The normalized spacial score (nSPS) is 22.4. The van der Waals surface area contributed by atoms with Crippen molar-refractivity contribution in [1.82, 2.24) is 24.5 Å². The van der Waals surface area contributed by atoms with Crippen molar-refractivity contribution in [3.8, 4) is 0 Å². The Morgan fingerprint density at radius 1 is 1.09 bits per heavy atom. The summed E-state index contributed by atoms with van der Waals surface area (Å²) in [5.74, 6) is -1.40. The molecule has 32 heavy (non-hydrogen) atoms. The molecule has 12 heteroatoms. The molecule has 1 N–H and O–H groups in total. The maximum Gasteiger partial charge on any atom is 0.433 e. The van der Waals surface area contributed by atoms with Crippen LogP contribution in [0.25, 0.3) is 5.52 Å². The van der Waals surface area contributed by atoms with E-state index in [-0.39, 0.29) is 49.7 Å². The number of hydroxylamine groups is 2. The molecule has 1 atom stereocenters. The molecule has 0 bridgehead atoms. The van der Waals surface area contributed by atoms with Crippen LogP contribution in [0.3, 0.4) is 0 Å². The summed E-state index contributed by atoms with van der Waals surface area (Å²) in [7, 11) is 0. The molecular weight excluding hydrogens is 431 g/mol. The van der Waals surface area contributed by atoms with Gasteiger partial charge in [-0.05, 0) is 42.5 Å². The molecule has 2 aromatic rings. The van der Waals surface area contributed by atoms with Gasteiger partial charge in [-0.15, -0.1) is 0 Å². The number of pyridine rings is 1. The first-order valence-electron chi connectivity index (χ1n) is 10.3. The Balaban J connectivity index is 1.37. The van der Waals surface area contributed by atoms with E-state index in [2.05, 4.69) is 5.10 Å². The Morgan fingerprint density at radius 2 is 1.84 bits per heavy atom. The number of fused-ring (bicyclic) bond motifs is 1. The second-order valence-corrected chi connectivity index (χ2v) is 8.46. The number of nitrogens with zero attached hydrogens (tertiary/aromatic N) is 5. The van der Waals surface area contributed by atoms with Gasteiger partial charge < -0.3 is 9.80 Å². The number of carbonyl (C=O) groups is 3. The molecule has 0 aromatic carbocycles. The topological polar surface area (TPSA) is 98.5 Å². The van der Waals surface area contributed by atoms with Gasteiger partial charge in [0.15, 0.2) is 5.69 Å². The number of amides is 3. The van der Waals surface area contributed by atoms with Crippen LogP contribution < -0.4 is 0 Å². The highest BCUT2D eigenvalue weighted by Crippen LogP contribution is 2.42. The number of rotatable bonds is 3. The number of hydrogen-bond donors (Lipinski definition) is 1. The summed E-state index contributed by atoms with van der Waals surface area (Å²) in [5, 5.41) is 14.0. The van der Waals surface area contributed by atoms with Gasteiger partial charge in [0.05, 0.1) is 24.5 Å². The van der Waals surface area contributed by atoms with Crippen LogP contribution in [0, 0.1) is 0 Å². The van der Waals surface area contributed by atoms with Crippen LogP contribution in [0.1, 0.15) is 46.9 Å². The van der Waals surface area contributed by atoms with Gasteiger partial charge in [-0.1, -0.05) is 0 Å². The van der Waals surface area contributed by atoms with Gasteiger partial charge in [-0.2, -0.15) is 18.3 Å². The predicted octanol–water partition coefficient (Wildman–Crippen LogP) is 1.50. The first kappa shape index (κ1) is 20.7. The van der Waals surface area contributed by atoms with Crippen molar-refractivity contribution in [2.45, 2.75) is 37.4 Å². The van der Waals surface area contributed by atoms with Gasteiger partial charge >= 0.3 is 6.18 Å². The first-order valence-corrected chi connectivity index (χ1v) is 10.3. The highest BCUT2D eigenvalue weighted by Gasteiger charge is 2.40. The average molecular weight is 451 g/mol. The van der Waals surface area contributed by atoms with E-state index in [1.54, 1.807) is 6.07 Å². The smallest absolute Gasteiger partial charge is 0.334 e. The SMILES string of the molecule is O=C1CC(N2CCN(C(=O)c3cc4cc(C5CC5)cc(C(F)(F)F)n4n3)CC2=O)CN1O. The second-order valence-electron chi connectivity index (χ2n) is 8.46. The van der Waals surface area contributed by atoms with Crippen molar-refractivity contribution in [3.05, 3.63) is 35.2 Å². The number of carbonyl (C=O) groups excluding carboxylic acids is 3. The van der Waals surface area contributed by atoms with Gasteiger partial charge in [0.25, 0.3) is 5.91 Å². The molecule has 9 nitrogen and oxygen atoms in total. The van der Waals surface area contributed by atoms with E-state index >= 15 is 0 Å². The van der Waals surface area contributed by atoms with E-state index in [0.29, 0.717) is 10.6 Å². The van der Waals surface area contributed by atoms with E-state index in [1.807, 2.05) is 0 Å². The van der Waals surface area contributed by atoms with Crippen molar-refractivity contribution in [2.75, 3.05) is 26.2 Å². The van der Waals surface area contributed by atoms with Crippen molar-refractivity contribution in [3.63, 3.8) is 0 Å². The maximum atomic E-state index is 13.6. The number of halogens is 3. The maximum absolute atomic E-state index is 13.6. The van der Waals surface area contributed by atoms with Crippen molar-refractivity contribution in [2.24, 2.45) is 0 Å². The molecule has 4 heterocycles. The molecule has 1 aliphatic carbocycles. The minimum Gasteiger partial charge on any atom is -0.334 e. The zero-order valence-electron chi connectivity index (χ0n) is 16.9. The number of aromatic nitrogens is 2. The molecule has 3 fully saturated rings. The Kier molecular flexibility index (Phi) is 4.66. The van der Waals surface area contributed by atoms with Crippen molar-refractivity contribution in [1.29, 1.82) is 0 Å². The summed E-state index contributed by atoms with van der Waals surface area (Å²) >= 11 is 0. The average Bonchev–Trinajstić information content (AvgIpc) is 3.41. The van der Waals surface area contributed by atoms with Crippen LogP contribution in [-0.2, 0) is 15.8 Å². The molecule has 3 amide bonds. The van der Waals surface area contributed by atoms with Gasteiger partial charge in [-0.3, -0.25) is 19.6 Å². The third-order valence-electron chi connectivity index (χ3n) is 6.21. The van der Waals surface area contributed by atoms with Gasteiger partial charge in [0.2, 0.25) is 11.8 Å². The first-order chi connectivity index (χ1) is 15.1. The third kappa shape index (κ3) is 3.57. The summed E-state index contributed by atoms with van der Waals surface area (Å²) in [6.45, 7) is 0.0359. The number of piperazine rings is 1. The minimum atomic E-state index is -4.63. The largest absolute Gasteiger partial charge is 0.433 e. The predicted molar refractivity (Wildman–Crippen MR) is 102 cm³/mol. The summed E-state index contributed by atoms with van der Waals surface area (Å²) in [4.78, 5) is 39.7. The molecule has 2 saturated heterocycles. The lowest BCUT2D eigenvalue weighted by Gasteiger charge is -2.37. The fraction of sp³-hybridized carbons (Fsp3) is 0.500. The van der Waals surface area contributed by atoms with Crippen molar-refractivity contribution < 1.29 is 32.8 Å². The van der Waals surface area contributed by atoms with E-state index in [9.17, 15) is 32.8 Å². The summed E-state index contributed by atoms with van der Waals surface area (Å²) in [5.41, 5.74) is -0.335. The Labute approximate surface area is 179 Å². The molecule has 0 radical (unpaired) electrons. The third-order valence-corrected chi connectivity index (χ3v) is 6.21. The quantitative estimate of drug-likeness (QED) is 0.714. The van der Waals surface area contributed by atoms with Crippen LogP contribution >= 0.6 is 0 Å². The molecule has 1 saturated carbocycles. The molecular formula is C20H20F3N5O4. The summed E-state index contributed by atoms with van der Waals surface area (Å²) in [6.07, 6.45) is -2.95. The highest BCUT2D eigenvalue weighted by molar-refractivity contribution is 5.96. The zero-order chi connectivity index (χ0) is 22.8. The Bertz CT molecular complexity index is 1130. The molecule has 170 valence electrons. The van der Waals surface area contributed by atoms with Gasteiger partial charge in [0.1, 0.15) is 12.2 Å². The zero-order valence-corrected chi connectivity index (χ0v) is 16.9. The van der Waals surface area contributed by atoms with Crippen LogP contribution in [0.5, 0.6) is 0 Å². The lowest BCUT2D eigenvalue weighted by Crippen LogP contribution is -2.55. The molecule has 2 aromatic heterocycles. The minimum absolute atomic E-state index is 0.00612. The van der Waals surface area contributed by atoms with Crippen LogP contribution in [-0.4, -0.2) is 79.6 Å². The van der Waals surface area contributed by atoms with Gasteiger partial charge in [-0.25, -0.2) is 9.58 Å². The van der Waals surface area contributed by atoms with Crippen LogP contribution in [0.4, 0.5) is 13.2 Å². The Hall–Kier alpha value is -3.15. The van der Waals surface area contributed by atoms with Crippen LogP contribution in [0.2, 0.25) is 0 Å². The van der Waals surface area contributed by atoms with E-state index in [4.69, 9.17) is 0 Å². The highest BCUT2D eigenvalue weighted by atomic mass is 19.4.